The van der Waals surface area contributed by atoms with Crippen molar-refractivity contribution >= 4 is 34.2 Å². The van der Waals surface area contributed by atoms with E-state index in [0.29, 0.717) is 23.1 Å². The zero-order valence-electron chi connectivity index (χ0n) is 11.9. The molecule has 0 radical (unpaired) electrons. The van der Waals surface area contributed by atoms with Gasteiger partial charge in [-0.2, -0.15) is 0 Å². The lowest BCUT2D eigenvalue weighted by molar-refractivity contribution is -0.135. The van der Waals surface area contributed by atoms with Crippen LogP contribution < -0.4 is 10.2 Å². The largest absolute Gasteiger partial charge is 0.480 e. The minimum Gasteiger partial charge on any atom is -0.480 e. The fourth-order valence-corrected chi connectivity index (χ4v) is 2.25. The summed E-state index contributed by atoms with van der Waals surface area (Å²) in [4.78, 5) is 28.7. The predicted molar refractivity (Wildman–Crippen MR) is 82.2 cm³/mol. The Balaban J connectivity index is 2.07. The summed E-state index contributed by atoms with van der Waals surface area (Å²) in [6.07, 6.45) is 2.21. The molecule has 2 heterocycles. The molecule has 0 aliphatic rings. The highest BCUT2D eigenvalue weighted by Gasteiger charge is 2.13. The first-order valence-corrected chi connectivity index (χ1v) is 7.48. The number of carbonyl (C=O) groups is 2. The maximum absolute atomic E-state index is 12.0. The molecule has 0 unspecified atom stereocenters. The minimum atomic E-state index is -0.923. The Morgan fingerprint density at radius 1 is 1.41 bits per heavy atom. The number of carbonyl (C=O) groups excluding carboxylic acids is 1. The molecule has 2 aromatic heterocycles. The molecule has 0 aromatic carbocycles. The van der Waals surface area contributed by atoms with E-state index < -0.39 is 5.97 Å². The second kappa shape index (κ2) is 7.46. The van der Waals surface area contributed by atoms with E-state index in [1.807, 2.05) is 6.92 Å². The third-order valence-electron chi connectivity index (χ3n) is 2.73. The first-order valence-electron chi connectivity index (χ1n) is 6.60. The van der Waals surface area contributed by atoms with E-state index in [-0.39, 0.29) is 12.5 Å². The quantitative estimate of drug-likeness (QED) is 0.795. The highest BCUT2D eigenvalue weighted by atomic mass is 32.1. The van der Waals surface area contributed by atoms with Crippen molar-refractivity contribution in [2.75, 3.05) is 23.3 Å². The number of rotatable bonds is 7. The van der Waals surface area contributed by atoms with E-state index in [1.54, 1.807) is 17.0 Å². The number of carboxylic acid groups (broad SMARTS) is 1. The molecule has 0 saturated carbocycles. The fourth-order valence-electron chi connectivity index (χ4n) is 1.81. The van der Waals surface area contributed by atoms with Gasteiger partial charge < -0.3 is 10.0 Å². The zero-order chi connectivity index (χ0) is 15.9. The third kappa shape index (κ3) is 4.22. The molecule has 1 amide bonds. The SMILES string of the molecule is CCCN(CC(=O)O)c1ccc(C(=O)Nc2nncs2)cn1. The molecule has 2 aromatic rings. The summed E-state index contributed by atoms with van der Waals surface area (Å²) in [5.74, 6) is -0.735. The topological polar surface area (TPSA) is 108 Å². The maximum atomic E-state index is 12.0. The summed E-state index contributed by atoms with van der Waals surface area (Å²) in [6.45, 7) is 2.41. The van der Waals surface area contributed by atoms with Crippen LogP contribution in [0, 0.1) is 0 Å². The average molecular weight is 321 g/mol. The summed E-state index contributed by atoms with van der Waals surface area (Å²) >= 11 is 1.22. The van der Waals surface area contributed by atoms with E-state index in [9.17, 15) is 9.59 Å². The van der Waals surface area contributed by atoms with Gasteiger partial charge in [0.15, 0.2) is 0 Å². The number of nitrogens with one attached hydrogen (secondary N) is 1. The van der Waals surface area contributed by atoms with Crippen LogP contribution in [0.25, 0.3) is 0 Å². The van der Waals surface area contributed by atoms with Gasteiger partial charge in [0.05, 0.1) is 5.56 Å². The molecule has 0 spiro atoms. The molecule has 0 atom stereocenters. The Kier molecular flexibility index (Phi) is 5.37. The van der Waals surface area contributed by atoms with Gasteiger partial charge >= 0.3 is 5.97 Å². The lowest BCUT2D eigenvalue weighted by atomic mass is 10.2. The number of nitrogens with zero attached hydrogens (tertiary/aromatic N) is 4. The second-order valence-corrected chi connectivity index (χ2v) is 5.25. The van der Waals surface area contributed by atoms with Crippen molar-refractivity contribution in [2.24, 2.45) is 0 Å². The van der Waals surface area contributed by atoms with Crippen LogP contribution >= 0.6 is 11.3 Å². The number of anilines is 2. The number of carboxylic acids is 1. The second-order valence-electron chi connectivity index (χ2n) is 4.42. The van der Waals surface area contributed by atoms with Crippen LogP contribution in [0.1, 0.15) is 23.7 Å². The molecule has 0 aliphatic heterocycles. The summed E-state index contributed by atoms with van der Waals surface area (Å²) in [6, 6.07) is 3.23. The molecule has 8 nitrogen and oxygen atoms in total. The van der Waals surface area contributed by atoms with E-state index in [4.69, 9.17) is 5.11 Å². The Morgan fingerprint density at radius 3 is 2.77 bits per heavy atom. The monoisotopic (exact) mass is 321 g/mol. The van der Waals surface area contributed by atoms with Crippen LogP contribution in [-0.4, -0.2) is 45.3 Å². The lowest BCUT2D eigenvalue weighted by Crippen LogP contribution is -2.31. The Bertz CT molecular complexity index is 630. The van der Waals surface area contributed by atoms with Crippen molar-refractivity contribution in [3.63, 3.8) is 0 Å². The molecule has 9 heteroatoms. The van der Waals surface area contributed by atoms with Gasteiger partial charge in [-0.05, 0) is 18.6 Å². The Labute approximate surface area is 130 Å². The van der Waals surface area contributed by atoms with Gasteiger partial charge in [0.2, 0.25) is 5.13 Å². The van der Waals surface area contributed by atoms with Crippen molar-refractivity contribution in [3.05, 3.63) is 29.4 Å². The fraction of sp³-hybridized carbons (Fsp3) is 0.308. The van der Waals surface area contributed by atoms with Crippen LogP contribution in [0.4, 0.5) is 10.9 Å². The number of hydrogen-bond acceptors (Lipinski definition) is 7. The van der Waals surface area contributed by atoms with Crippen molar-refractivity contribution in [1.29, 1.82) is 0 Å². The van der Waals surface area contributed by atoms with E-state index in [0.717, 1.165) is 6.42 Å². The molecule has 0 fully saturated rings. The summed E-state index contributed by atoms with van der Waals surface area (Å²) in [5.41, 5.74) is 1.89. The van der Waals surface area contributed by atoms with Crippen molar-refractivity contribution in [3.8, 4) is 0 Å². The molecule has 116 valence electrons. The smallest absolute Gasteiger partial charge is 0.323 e. The molecule has 0 bridgehead atoms. The van der Waals surface area contributed by atoms with Gasteiger partial charge in [-0.3, -0.25) is 14.9 Å². The van der Waals surface area contributed by atoms with Gasteiger partial charge in [-0.25, -0.2) is 4.98 Å². The number of aliphatic carboxylic acids is 1. The summed E-state index contributed by atoms with van der Waals surface area (Å²) in [7, 11) is 0. The van der Waals surface area contributed by atoms with E-state index in [1.165, 1.54) is 23.0 Å². The van der Waals surface area contributed by atoms with Gasteiger partial charge in [-0.15, -0.1) is 10.2 Å². The summed E-state index contributed by atoms with van der Waals surface area (Å²) in [5, 5.41) is 19.3. The van der Waals surface area contributed by atoms with Crippen molar-refractivity contribution in [1.82, 2.24) is 15.2 Å². The first-order chi connectivity index (χ1) is 10.6. The van der Waals surface area contributed by atoms with Crippen molar-refractivity contribution in [2.45, 2.75) is 13.3 Å². The standard InChI is InChI=1S/C13H15N5O3S/c1-2-5-18(7-11(19)20)10-4-3-9(6-14-10)12(21)16-13-17-15-8-22-13/h3-4,6,8H,2,5,7H2,1H3,(H,19,20)(H,16,17,21). The molecule has 2 N–H and O–H groups in total. The highest BCUT2D eigenvalue weighted by Crippen LogP contribution is 2.14. The first kappa shape index (κ1) is 15.8. The zero-order valence-corrected chi connectivity index (χ0v) is 12.7. The van der Waals surface area contributed by atoms with E-state index in [2.05, 4.69) is 20.5 Å². The molecular weight excluding hydrogens is 306 g/mol. The maximum Gasteiger partial charge on any atom is 0.323 e. The third-order valence-corrected chi connectivity index (χ3v) is 3.34. The van der Waals surface area contributed by atoms with Gasteiger partial charge in [-0.1, -0.05) is 18.3 Å². The van der Waals surface area contributed by atoms with Gasteiger partial charge in [0, 0.05) is 12.7 Å². The minimum absolute atomic E-state index is 0.128. The predicted octanol–water partition coefficient (Wildman–Crippen LogP) is 1.49. The van der Waals surface area contributed by atoms with Crippen molar-refractivity contribution < 1.29 is 14.7 Å². The van der Waals surface area contributed by atoms with E-state index >= 15 is 0 Å². The summed E-state index contributed by atoms with van der Waals surface area (Å²) < 4.78 is 0. The number of pyridine rings is 1. The van der Waals surface area contributed by atoms with Gasteiger partial charge in [0.25, 0.3) is 5.91 Å². The van der Waals surface area contributed by atoms with Crippen LogP contribution in [0.15, 0.2) is 23.8 Å². The molecule has 0 aliphatic carbocycles. The average Bonchev–Trinajstić information content (AvgIpc) is 2.99. The number of amides is 1. The molecule has 22 heavy (non-hydrogen) atoms. The van der Waals surface area contributed by atoms with Crippen LogP contribution in [0.3, 0.4) is 0 Å². The van der Waals surface area contributed by atoms with Crippen LogP contribution in [-0.2, 0) is 4.79 Å². The molecule has 2 rings (SSSR count). The molecule has 0 saturated heterocycles. The van der Waals surface area contributed by atoms with Crippen LogP contribution in [0.5, 0.6) is 0 Å². The normalized spacial score (nSPS) is 10.2. The number of hydrogen-bond donors (Lipinski definition) is 2. The Hall–Kier alpha value is -2.55. The van der Waals surface area contributed by atoms with Crippen LogP contribution in [0.2, 0.25) is 0 Å². The lowest BCUT2D eigenvalue weighted by Gasteiger charge is -2.20. The molecular formula is C13H15N5O3S. The highest BCUT2D eigenvalue weighted by molar-refractivity contribution is 7.13. The number of aromatic nitrogens is 3. The Morgan fingerprint density at radius 2 is 2.23 bits per heavy atom. The van der Waals surface area contributed by atoms with Gasteiger partial charge in [0.1, 0.15) is 17.9 Å².